The van der Waals surface area contributed by atoms with Gasteiger partial charge in [-0.05, 0) is 38.5 Å². The Hall–Kier alpha value is -1.61. The Morgan fingerprint density at radius 2 is 0.891 bits per heavy atom. The molecule has 0 saturated carbocycles. The third-order valence-corrected chi connectivity index (χ3v) is 13.1. The number of aliphatic hydroxyl groups excluding tert-OH is 3. The fourth-order valence-electron chi connectivity index (χ4n) is 8.26. The molecule has 1 rings (SSSR count). The second kappa shape index (κ2) is 41.6. The zero-order valence-corrected chi connectivity index (χ0v) is 41.5. The summed E-state index contributed by atoms with van der Waals surface area (Å²) in [7, 11) is -4.60. The molecule has 12 nitrogen and oxygen atoms in total. The van der Waals surface area contributed by atoms with E-state index in [2.05, 4.69) is 26.0 Å². The summed E-state index contributed by atoms with van der Waals surface area (Å²) in [6.07, 6.45) is 36.8. The summed E-state index contributed by atoms with van der Waals surface area (Å²) >= 11 is 0. The van der Waals surface area contributed by atoms with Crippen LogP contribution in [-0.4, -0.2) is 96.0 Å². The van der Waals surface area contributed by atoms with E-state index in [1.54, 1.807) is 0 Å². The predicted octanol–water partition coefficient (Wildman–Crippen LogP) is 11.8. The van der Waals surface area contributed by atoms with E-state index in [0.29, 0.717) is 12.8 Å². The van der Waals surface area contributed by atoms with Crippen molar-refractivity contribution in [2.75, 3.05) is 19.0 Å². The molecule has 0 spiro atoms. The van der Waals surface area contributed by atoms with Crippen molar-refractivity contribution in [3.63, 3.8) is 0 Å². The van der Waals surface area contributed by atoms with Crippen molar-refractivity contribution in [3.8, 4) is 0 Å². The molecule has 0 amide bonds. The van der Waals surface area contributed by atoms with E-state index >= 15 is 0 Å². The van der Waals surface area contributed by atoms with Gasteiger partial charge in [0.05, 0.1) is 6.61 Å². The Bertz CT molecular complexity index is 1230. The maximum absolute atomic E-state index is 12.9. The molecule has 13 heteroatoms. The average Bonchev–Trinajstić information content (AvgIpc) is 3.26. The molecule has 1 aliphatic heterocycles. The zero-order valence-electron chi connectivity index (χ0n) is 40.7. The largest absolute Gasteiger partial charge is 0.462 e. The van der Waals surface area contributed by atoms with Crippen LogP contribution < -0.4 is 0 Å². The molecular formula is C51H96O12S. The lowest BCUT2D eigenvalue weighted by atomic mass is 10.00. The maximum Gasteiger partial charge on any atom is 0.306 e. The summed E-state index contributed by atoms with van der Waals surface area (Å²) in [5, 5.41) is 31.0. The maximum atomic E-state index is 12.9. The van der Waals surface area contributed by atoms with E-state index in [1.807, 2.05) is 0 Å². The fraction of sp³-hybridized carbons (Fsp3) is 0.922. The fourth-order valence-corrected chi connectivity index (χ4v) is 8.95. The van der Waals surface area contributed by atoms with Crippen molar-refractivity contribution in [2.45, 2.75) is 282 Å². The van der Waals surface area contributed by atoms with Crippen molar-refractivity contribution >= 4 is 22.1 Å². The normalized spacial score (nSPS) is 19.6. The molecule has 2 unspecified atom stereocenters. The van der Waals surface area contributed by atoms with Gasteiger partial charge in [-0.25, -0.2) is 0 Å². The van der Waals surface area contributed by atoms with Crippen LogP contribution in [-0.2, 0) is 38.7 Å². The summed E-state index contributed by atoms with van der Waals surface area (Å²) < 4.78 is 54.3. The van der Waals surface area contributed by atoms with Gasteiger partial charge in [0.2, 0.25) is 0 Å². The van der Waals surface area contributed by atoms with Crippen LogP contribution in [0, 0.1) is 0 Å². The average molecular weight is 933 g/mol. The van der Waals surface area contributed by atoms with Crippen molar-refractivity contribution in [1.82, 2.24) is 0 Å². The van der Waals surface area contributed by atoms with Gasteiger partial charge >= 0.3 is 11.9 Å². The van der Waals surface area contributed by atoms with Crippen LogP contribution >= 0.6 is 0 Å². The van der Waals surface area contributed by atoms with E-state index in [9.17, 15) is 37.9 Å². The standard InChI is InChI=1S/C51H96O12S/c1-3-5-7-9-11-13-15-17-19-21-22-24-26-28-30-32-34-36-38-40-47(53)62-44(42-61-51-50(56)49(55)48(54)45(63-51)43-64(57,58)59)41-60-46(52)39-37-35-33-31-29-27-25-23-20-18-16-14-12-10-8-6-4-2/h18,20,44-45,48-51,54-56H,3-17,19,21-43H2,1-2H3,(H,57,58,59)/b20-18+/t44-,45-,48-,49?,50?,51+/m1/s1. The third kappa shape index (κ3) is 35.6. The molecule has 0 radical (unpaired) electrons. The molecule has 6 atom stereocenters. The van der Waals surface area contributed by atoms with Gasteiger partial charge in [0.15, 0.2) is 12.4 Å². The van der Waals surface area contributed by atoms with Crippen LogP contribution in [0.2, 0.25) is 0 Å². The number of aliphatic hydroxyl groups is 3. The van der Waals surface area contributed by atoms with Crippen LogP contribution in [0.4, 0.5) is 0 Å². The number of hydrogen-bond acceptors (Lipinski definition) is 11. The molecule has 0 aromatic carbocycles. The number of rotatable bonds is 45. The number of carbonyl (C=O) groups excluding carboxylic acids is 2. The van der Waals surface area contributed by atoms with E-state index < -0.39 is 71.2 Å². The molecule has 1 aliphatic rings. The molecule has 1 fully saturated rings. The van der Waals surface area contributed by atoms with Crippen LogP contribution in [0.1, 0.15) is 245 Å². The summed E-state index contributed by atoms with van der Waals surface area (Å²) in [6.45, 7) is 3.80. The Morgan fingerprint density at radius 3 is 1.30 bits per heavy atom. The first-order chi connectivity index (χ1) is 31.0. The number of unbranched alkanes of at least 4 members (excludes halogenated alkanes) is 31. The Morgan fingerprint density at radius 1 is 0.516 bits per heavy atom. The summed E-state index contributed by atoms with van der Waals surface area (Å²) in [6, 6.07) is 0. The van der Waals surface area contributed by atoms with Crippen LogP contribution in [0.3, 0.4) is 0 Å². The lowest BCUT2D eigenvalue weighted by molar-refractivity contribution is -0.297. The van der Waals surface area contributed by atoms with Gasteiger partial charge in [0.1, 0.15) is 36.8 Å². The molecule has 1 saturated heterocycles. The number of carbonyl (C=O) groups is 2. The Balaban J connectivity index is 2.36. The van der Waals surface area contributed by atoms with Gasteiger partial charge < -0.3 is 34.3 Å². The highest BCUT2D eigenvalue weighted by Gasteiger charge is 2.46. The smallest absolute Gasteiger partial charge is 0.306 e. The van der Waals surface area contributed by atoms with Gasteiger partial charge in [-0.2, -0.15) is 8.42 Å². The van der Waals surface area contributed by atoms with Crippen LogP contribution in [0.25, 0.3) is 0 Å². The summed E-state index contributed by atoms with van der Waals surface area (Å²) in [5.41, 5.74) is 0. The Kier molecular flexibility index (Phi) is 39.2. The molecule has 1 heterocycles. The monoisotopic (exact) mass is 933 g/mol. The van der Waals surface area contributed by atoms with E-state index in [4.69, 9.17) is 18.9 Å². The number of ether oxygens (including phenoxy) is 4. The lowest BCUT2D eigenvalue weighted by Crippen LogP contribution is -2.60. The first-order valence-electron chi connectivity index (χ1n) is 26.2. The summed E-state index contributed by atoms with van der Waals surface area (Å²) in [4.78, 5) is 25.5. The molecule has 378 valence electrons. The van der Waals surface area contributed by atoms with Crippen molar-refractivity contribution in [3.05, 3.63) is 12.2 Å². The quantitative estimate of drug-likeness (QED) is 0.0196. The first-order valence-corrected chi connectivity index (χ1v) is 27.9. The minimum atomic E-state index is -4.60. The zero-order chi connectivity index (χ0) is 46.9. The molecule has 4 N–H and O–H groups in total. The van der Waals surface area contributed by atoms with E-state index in [0.717, 1.165) is 44.9 Å². The van der Waals surface area contributed by atoms with Gasteiger partial charge in [-0.1, -0.05) is 206 Å². The molecular weight excluding hydrogens is 837 g/mol. The lowest BCUT2D eigenvalue weighted by Gasteiger charge is -2.40. The highest BCUT2D eigenvalue weighted by atomic mass is 32.2. The second-order valence-electron chi connectivity index (χ2n) is 18.5. The van der Waals surface area contributed by atoms with Gasteiger partial charge in [-0.15, -0.1) is 0 Å². The SMILES string of the molecule is CCCCCCCC/C=C/CCCCCCCCCC(=O)OC[C@H](CO[C@H]1O[C@H](CS(=O)(=O)O)[C@@H](O)C(O)C1O)OC(=O)CCCCCCCCCCCCCCCCCCCCC. The van der Waals surface area contributed by atoms with Gasteiger partial charge in [0.25, 0.3) is 10.1 Å². The van der Waals surface area contributed by atoms with Crippen LogP contribution in [0.5, 0.6) is 0 Å². The van der Waals surface area contributed by atoms with Crippen LogP contribution in [0.15, 0.2) is 12.2 Å². The molecule has 0 bridgehead atoms. The number of allylic oxidation sites excluding steroid dienone is 2. The van der Waals surface area contributed by atoms with E-state index in [-0.39, 0.29) is 19.4 Å². The van der Waals surface area contributed by atoms with Crippen molar-refractivity contribution in [2.24, 2.45) is 0 Å². The van der Waals surface area contributed by atoms with Gasteiger partial charge in [0, 0.05) is 12.8 Å². The first kappa shape index (κ1) is 60.4. The second-order valence-corrected chi connectivity index (χ2v) is 20.0. The van der Waals surface area contributed by atoms with Crippen molar-refractivity contribution < 1.29 is 56.8 Å². The molecule has 0 aliphatic carbocycles. The van der Waals surface area contributed by atoms with Gasteiger partial charge in [-0.3, -0.25) is 14.1 Å². The highest BCUT2D eigenvalue weighted by molar-refractivity contribution is 7.85. The Labute approximate surface area is 390 Å². The molecule has 0 aromatic rings. The highest BCUT2D eigenvalue weighted by Crippen LogP contribution is 2.24. The predicted molar refractivity (Wildman–Crippen MR) is 257 cm³/mol. The van der Waals surface area contributed by atoms with E-state index in [1.165, 1.54) is 161 Å². The topological polar surface area (TPSA) is 186 Å². The number of hydrogen-bond donors (Lipinski definition) is 4. The number of esters is 2. The molecule has 64 heavy (non-hydrogen) atoms. The molecule has 0 aromatic heterocycles. The summed E-state index contributed by atoms with van der Waals surface area (Å²) in [5.74, 6) is -1.97. The minimum Gasteiger partial charge on any atom is -0.462 e. The minimum absolute atomic E-state index is 0.170. The van der Waals surface area contributed by atoms with Crippen molar-refractivity contribution in [1.29, 1.82) is 0 Å². The third-order valence-electron chi connectivity index (χ3n) is 12.3.